The lowest BCUT2D eigenvalue weighted by molar-refractivity contribution is 0.122. The Bertz CT molecular complexity index is 1140. The zero-order chi connectivity index (χ0) is 19.6. The maximum atomic E-state index is 14.3. The summed E-state index contributed by atoms with van der Waals surface area (Å²) in [5.41, 5.74) is 3.74. The molecule has 0 atom stereocenters. The summed E-state index contributed by atoms with van der Waals surface area (Å²) < 4.78 is 21.5. The van der Waals surface area contributed by atoms with Crippen LogP contribution in [0, 0.1) is 5.82 Å². The van der Waals surface area contributed by atoms with Gasteiger partial charge < -0.3 is 19.4 Å². The van der Waals surface area contributed by atoms with Crippen molar-refractivity contribution in [1.29, 1.82) is 0 Å². The Morgan fingerprint density at radius 1 is 1.00 bits per heavy atom. The highest BCUT2D eigenvalue weighted by Gasteiger charge is 2.13. The molecule has 29 heavy (non-hydrogen) atoms. The van der Waals surface area contributed by atoms with Crippen molar-refractivity contribution in [2.24, 2.45) is 0 Å². The lowest BCUT2D eigenvalue weighted by atomic mass is 10.1. The highest BCUT2D eigenvalue weighted by atomic mass is 19.1. The normalized spacial score (nSPS) is 14.3. The van der Waals surface area contributed by atoms with Crippen molar-refractivity contribution in [3.63, 3.8) is 0 Å². The Balaban J connectivity index is 1.47. The minimum Gasteiger partial charge on any atom is -0.378 e. The average molecular weight is 389 g/mol. The molecule has 0 saturated carbocycles. The monoisotopic (exact) mass is 389 g/mol. The van der Waals surface area contributed by atoms with Crippen LogP contribution < -0.4 is 10.2 Å². The highest BCUT2D eigenvalue weighted by molar-refractivity contribution is 5.74. The van der Waals surface area contributed by atoms with Crippen LogP contribution in [0.3, 0.4) is 0 Å². The van der Waals surface area contributed by atoms with Gasteiger partial charge in [-0.3, -0.25) is 0 Å². The lowest BCUT2D eigenvalue weighted by Gasteiger charge is -2.28. The van der Waals surface area contributed by atoms with Crippen molar-refractivity contribution in [3.05, 3.63) is 72.9 Å². The molecule has 1 aliphatic heterocycles. The molecule has 5 rings (SSSR count). The maximum absolute atomic E-state index is 14.3. The van der Waals surface area contributed by atoms with Crippen molar-refractivity contribution < 1.29 is 9.13 Å². The lowest BCUT2D eigenvalue weighted by Crippen LogP contribution is -2.36. The number of aromatic nitrogens is 3. The molecule has 7 heteroatoms. The number of halogens is 1. The van der Waals surface area contributed by atoms with E-state index in [9.17, 15) is 4.39 Å². The first-order chi connectivity index (χ1) is 14.3. The van der Waals surface area contributed by atoms with Gasteiger partial charge in [0, 0.05) is 48.6 Å². The van der Waals surface area contributed by atoms with Crippen LogP contribution in [0.15, 0.2) is 67.1 Å². The Labute approximate surface area is 167 Å². The molecule has 1 fully saturated rings. The summed E-state index contributed by atoms with van der Waals surface area (Å²) in [6, 6.07) is 14.8. The van der Waals surface area contributed by atoms with Crippen molar-refractivity contribution in [3.8, 4) is 11.3 Å². The minimum atomic E-state index is -0.305. The van der Waals surface area contributed by atoms with Crippen LogP contribution in [0.1, 0.15) is 0 Å². The number of morpholine rings is 1. The van der Waals surface area contributed by atoms with Gasteiger partial charge in [-0.15, -0.1) is 0 Å². The Morgan fingerprint density at radius 2 is 1.79 bits per heavy atom. The zero-order valence-corrected chi connectivity index (χ0v) is 15.8. The van der Waals surface area contributed by atoms with Gasteiger partial charge in [-0.25, -0.2) is 14.4 Å². The molecule has 4 aromatic rings. The summed E-state index contributed by atoms with van der Waals surface area (Å²) >= 11 is 0. The minimum absolute atomic E-state index is 0.305. The molecule has 0 bridgehead atoms. The smallest absolute Gasteiger partial charge is 0.180 e. The molecule has 0 unspecified atom stereocenters. The first kappa shape index (κ1) is 17.6. The number of hydrogen-bond donors (Lipinski definition) is 1. The van der Waals surface area contributed by atoms with E-state index < -0.39 is 0 Å². The highest BCUT2D eigenvalue weighted by Crippen LogP contribution is 2.27. The first-order valence-corrected chi connectivity index (χ1v) is 9.56. The van der Waals surface area contributed by atoms with E-state index in [1.54, 1.807) is 30.6 Å². The van der Waals surface area contributed by atoms with Crippen LogP contribution in [0.5, 0.6) is 0 Å². The van der Waals surface area contributed by atoms with Crippen LogP contribution in [0.25, 0.3) is 16.9 Å². The van der Waals surface area contributed by atoms with E-state index in [2.05, 4.69) is 32.3 Å². The number of nitrogens with one attached hydrogen (secondary N) is 1. The van der Waals surface area contributed by atoms with Crippen LogP contribution >= 0.6 is 0 Å². The summed E-state index contributed by atoms with van der Waals surface area (Å²) in [7, 11) is 0. The molecule has 1 aliphatic rings. The molecule has 6 nitrogen and oxygen atoms in total. The SMILES string of the molecule is Fc1ccccc1-c1cn2ccnc2c(Nc2ccc(N3CCOCC3)cc2)n1. The summed E-state index contributed by atoms with van der Waals surface area (Å²) in [6.45, 7) is 3.30. The predicted molar refractivity (Wildman–Crippen MR) is 111 cm³/mol. The van der Waals surface area contributed by atoms with Gasteiger partial charge in [-0.05, 0) is 36.4 Å². The van der Waals surface area contributed by atoms with Crippen molar-refractivity contribution >= 4 is 22.8 Å². The molecule has 0 radical (unpaired) electrons. The summed E-state index contributed by atoms with van der Waals surface area (Å²) in [5.74, 6) is 0.273. The fourth-order valence-electron chi connectivity index (χ4n) is 3.53. The van der Waals surface area contributed by atoms with E-state index in [1.165, 1.54) is 6.07 Å². The molecule has 1 N–H and O–H groups in total. The number of imidazole rings is 1. The van der Waals surface area contributed by atoms with E-state index in [1.807, 2.05) is 22.7 Å². The van der Waals surface area contributed by atoms with Gasteiger partial charge in [-0.1, -0.05) is 12.1 Å². The first-order valence-electron chi connectivity index (χ1n) is 9.56. The fraction of sp³-hybridized carbons (Fsp3) is 0.182. The predicted octanol–water partition coefficient (Wildman–Crippen LogP) is 4.12. The van der Waals surface area contributed by atoms with Gasteiger partial charge in [0.05, 0.1) is 18.9 Å². The number of anilines is 3. The molecular formula is C22H20FN5O. The second kappa shape index (κ2) is 7.52. The molecule has 1 saturated heterocycles. The number of nitrogens with zero attached hydrogens (tertiary/aromatic N) is 4. The summed E-state index contributed by atoms with van der Waals surface area (Å²) in [6.07, 6.45) is 5.32. The molecule has 2 aromatic heterocycles. The van der Waals surface area contributed by atoms with Crippen molar-refractivity contribution in [2.45, 2.75) is 0 Å². The fourth-order valence-corrected chi connectivity index (χ4v) is 3.53. The van der Waals surface area contributed by atoms with Crippen LogP contribution in [0.2, 0.25) is 0 Å². The quantitative estimate of drug-likeness (QED) is 0.569. The molecule has 0 spiro atoms. The number of hydrogen-bond acceptors (Lipinski definition) is 5. The van der Waals surface area contributed by atoms with Gasteiger partial charge in [0.1, 0.15) is 5.82 Å². The average Bonchev–Trinajstić information content (AvgIpc) is 3.24. The summed E-state index contributed by atoms with van der Waals surface area (Å²) in [5, 5.41) is 3.33. The third-order valence-electron chi connectivity index (χ3n) is 5.03. The maximum Gasteiger partial charge on any atom is 0.180 e. The van der Waals surface area contributed by atoms with E-state index in [4.69, 9.17) is 4.74 Å². The number of fused-ring (bicyclic) bond motifs is 1. The second-order valence-electron chi connectivity index (χ2n) is 6.88. The standard InChI is InChI=1S/C22H20FN5O/c23-19-4-2-1-3-18(19)20-15-28-10-9-24-22(28)21(26-20)25-16-5-7-17(8-6-16)27-11-13-29-14-12-27/h1-10,15H,11-14H2,(H,25,26). The molecule has 0 amide bonds. The largest absolute Gasteiger partial charge is 0.378 e. The topological polar surface area (TPSA) is 54.7 Å². The number of benzene rings is 2. The second-order valence-corrected chi connectivity index (χ2v) is 6.88. The van der Waals surface area contributed by atoms with E-state index in [0.29, 0.717) is 22.7 Å². The molecular weight excluding hydrogens is 369 g/mol. The van der Waals surface area contributed by atoms with E-state index in [-0.39, 0.29) is 5.82 Å². The Hall–Kier alpha value is -3.45. The van der Waals surface area contributed by atoms with Gasteiger partial charge in [0.2, 0.25) is 0 Å². The Morgan fingerprint density at radius 3 is 2.59 bits per heavy atom. The molecule has 0 aliphatic carbocycles. The van der Waals surface area contributed by atoms with Gasteiger partial charge in [0.15, 0.2) is 11.5 Å². The zero-order valence-electron chi connectivity index (χ0n) is 15.8. The van der Waals surface area contributed by atoms with E-state index >= 15 is 0 Å². The molecule has 146 valence electrons. The van der Waals surface area contributed by atoms with Gasteiger partial charge >= 0.3 is 0 Å². The molecule has 3 heterocycles. The van der Waals surface area contributed by atoms with Crippen LogP contribution in [0.4, 0.5) is 21.6 Å². The van der Waals surface area contributed by atoms with E-state index in [0.717, 1.165) is 37.7 Å². The van der Waals surface area contributed by atoms with Crippen molar-refractivity contribution in [1.82, 2.24) is 14.4 Å². The van der Waals surface area contributed by atoms with Gasteiger partial charge in [-0.2, -0.15) is 0 Å². The molecule has 2 aromatic carbocycles. The van der Waals surface area contributed by atoms with Gasteiger partial charge in [0.25, 0.3) is 0 Å². The third-order valence-corrected chi connectivity index (χ3v) is 5.03. The van der Waals surface area contributed by atoms with Crippen molar-refractivity contribution in [2.75, 3.05) is 36.5 Å². The number of rotatable bonds is 4. The third kappa shape index (κ3) is 3.52. The summed E-state index contributed by atoms with van der Waals surface area (Å²) in [4.78, 5) is 11.3. The van der Waals surface area contributed by atoms with Crippen LogP contribution in [-0.2, 0) is 4.74 Å². The Kier molecular flexibility index (Phi) is 4.57. The van der Waals surface area contributed by atoms with Crippen LogP contribution in [-0.4, -0.2) is 40.7 Å². The number of ether oxygens (including phenoxy) is 1.